The summed E-state index contributed by atoms with van der Waals surface area (Å²) >= 11 is 0. The van der Waals surface area contributed by atoms with Gasteiger partial charge in [0.1, 0.15) is 0 Å². The van der Waals surface area contributed by atoms with E-state index in [2.05, 4.69) is 113 Å². The SMILES string of the molecule is Cc1cc(C)cc(P(c2cc(C)cc(C)c2)C2CCCC2[C@H](c2ccccc2)N(C)C)c1. The Morgan fingerprint density at radius 1 is 0.719 bits per heavy atom. The van der Waals surface area contributed by atoms with Crippen LogP contribution >= 0.6 is 7.92 Å². The van der Waals surface area contributed by atoms with Crippen LogP contribution in [0.15, 0.2) is 66.7 Å². The summed E-state index contributed by atoms with van der Waals surface area (Å²) in [7, 11) is 4.10. The van der Waals surface area contributed by atoms with Crippen molar-refractivity contribution in [1.29, 1.82) is 0 Å². The Bertz CT molecular complexity index is 964. The van der Waals surface area contributed by atoms with Gasteiger partial charge in [0.15, 0.2) is 0 Å². The number of hydrogen-bond acceptors (Lipinski definition) is 1. The summed E-state index contributed by atoms with van der Waals surface area (Å²) in [6.07, 6.45) is 3.98. The fourth-order valence-corrected chi connectivity index (χ4v) is 9.52. The normalized spacial score (nSPS) is 19.6. The summed E-state index contributed by atoms with van der Waals surface area (Å²) in [5.41, 5.74) is 7.71. The predicted octanol–water partition coefficient (Wildman–Crippen LogP) is 6.82. The molecule has 2 heteroatoms. The molecule has 1 saturated carbocycles. The molecule has 0 spiro atoms. The van der Waals surface area contributed by atoms with Gasteiger partial charge in [-0.15, -0.1) is 0 Å². The zero-order valence-corrected chi connectivity index (χ0v) is 21.5. The van der Waals surface area contributed by atoms with Crippen molar-refractivity contribution in [2.24, 2.45) is 5.92 Å². The number of benzene rings is 3. The van der Waals surface area contributed by atoms with Gasteiger partial charge in [0.25, 0.3) is 0 Å². The minimum atomic E-state index is -0.430. The molecule has 0 radical (unpaired) electrons. The van der Waals surface area contributed by atoms with Gasteiger partial charge in [0.2, 0.25) is 0 Å². The summed E-state index contributed by atoms with van der Waals surface area (Å²) in [6, 6.07) is 26.2. The molecule has 0 saturated heterocycles. The van der Waals surface area contributed by atoms with E-state index < -0.39 is 7.92 Å². The maximum atomic E-state index is 2.47. The second-order valence-electron chi connectivity index (χ2n) is 10.0. The standard InChI is InChI=1S/C30H38NP/c1-21-15-22(2)18-26(17-21)32(27-19-23(3)16-24(4)20-27)29-14-10-13-28(29)30(31(5)6)25-11-8-7-9-12-25/h7-9,11-12,15-20,28-30H,10,13-14H2,1-6H3/t28?,29?,30-/m0/s1. The van der Waals surface area contributed by atoms with Crippen LogP contribution in [0.2, 0.25) is 0 Å². The second-order valence-corrected chi connectivity index (χ2v) is 12.5. The van der Waals surface area contributed by atoms with Crippen LogP contribution in [0.4, 0.5) is 0 Å². The maximum absolute atomic E-state index is 2.47. The van der Waals surface area contributed by atoms with Crippen LogP contribution in [0.3, 0.4) is 0 Å². The van der Waals surface area contributed by atoms with Crippen LogP contribution in [0.5, 0.6) is 0 Å². The number of nitrogens with zero attached hydrogens (tertiary/aromatic N) is 1. The Kier molecular flexibility index (Phi) is 7.18. The summed E-state index contributed by atoms with van der Waals surface area (Å²) in [6.45, 7) is 9.02. The van der Waals surface area contributed by atoms with Crippen molar-refractivity contribution in [2.45, 2.75) is 58.7 Å². The summed E-state index contributed by atoms with van der Waals surface area (Å²) in [5, 5.41) is 3.12. The molecule has 1 nitrogen and oxygen atoms in total. The van der Waals surface area contributed by atoms with Crippen LogP contribution in [-0.4, -0.2) is 24.7 Å². The van der Waals surface area contributed by atoms with Gasteiger partial charge in [-0.3, -0.25) is 0 Å². The Hall–Kier alpha value is -1.95. The molecule has 0 bridgehead atoms. The van der Waals surface area contributed by atoms with Gasteiger partial charge < -0.3 is 4.90 Å². The quantitative estimate of drug-likeness (QED) is 0.378. The van der Waals surface area contributed by atoms with Crippen LogP contribution in [0.1, 0.15) is 53.1 Å². The Balaban J connectivity index is 1.84. The molecule has 32 heavy (non-hydrogen) atoms. The fourth-order valence-electron chi connectivity index (χ4n) is 5.95. The van der Waals surface area contributed by atoms with Gasteiger partial charge >= 0.3 is 0 Å². The molecule has 4 rings (SSSR count). The topological polar surface area (TPSA) is 3.24 Å². The average molecular weight is 444 g/mol. The van der Waals surface area contributed by atoms with Crippen molar-refractivity contribution in [2.75, 3.05) is 14.1 Å². The molecule has 0 aromatic heterocycles. The van der Waals surface area contributed by atoms with E-state index in [1.165, 1.54) is 47.1 Å². The van der Waals surface area contributed by atoms with Gasteiger partial charge in [-0.2, -0.15) is 0 Å². The average Bonchev–Trinajstić information content (AvgIpc) is 3.16. The fraction of sp³-hybridized carbons (Fsp3) is 0.400. The minimum absolute atomic E-state index is 0.430. The molecular weight excluding hydrogens is 405 g/mol. The molecule has 3 aromatic carbocycles. The lowest BCUT2D eigenvalue weighted by Crippen LogP contribution is -2.34. The van der Waals surface area contributed by atoms with E-state index in [1.54, 1.807) is 10.6 Å². The zero-order chi connectivity index (χ0) is 22.8. The predicted molar refractivity (Wildman–Crippen MR) is 142 cm³/mol. The first-order valence-corrected chi connectivity index (χ1v) is 13.4. The Labute approximate surface area is 196 Å². The molecular formula is C30H38NP. The van der Waals surface area contributed by atoms with Gasteiger partial charge in [-0.1, -0.05) is 95.4 Å². The van der Waals surface area contributed by atoms with Crippen molar-refractivity contribution in [3.8, 4) is 0 Å². The molecule has 3 atom stereocenters. The summed E-state index contributed by atoms with van der Waals surface area (Å²) in [4.78, 5) is 2.47. The van der Waals surface area contributed by atoms with Crippen molar-refractivity contribution in [1.82, 2.24) is 4.90 Å². The van der Waals surface area contributed by atoms with E-state index >= 15 is 0 Å². The molecule has 1 aliphatic carbocycles. The van der Waals surface area contributed by atoms with E-state index in [0.717, 1.165) is 0 Å². The Morgan fingerprint density at radius 3 is 1.69 bits per heavy atom. The maximum Gasteiger partial charge on any atom is 0.0376 e. The van der Waals surface area contributed by atoms with Crippen LogP contribution < -0.4 is 10.6 Å². The van der Waals surface area contributed by atoms with Crippen LogP contribution in [0.25, 0.3) is 0 Å². The van der Waals surface area contributed by atoms with E-state index in [9.17, 15) is 0 Å². The third-order valence-electron chi connectivity index (χ3n) is 6.94. The third kappa shape index (κ3) is 5.00. The van der Waals surface area contributed by atoms with Crippen molar-refractivity contribution in [3.05, 3.63) is 94.5 Å². The first-order valence-electron chi connectivity index (χ1n) is 12.0. The zero-order valence-electron chi connectivity index (χ0n) is 20.6. The van der Waals surface area contributed by atoms with E-state index in [-0.39, 0.29) is 0 Å². The van der Waals surface area contributed by atoms with Crippen molar-refractivity contribution >= 4 is 18.5 Å². The van der Waals surface area contributed by atoms with E-state index in [1.807, 2.05) is 0 Å². The summed E-state index contributed by atoms with van der Waals surface area (Å²) < 4.78 is 0. The first kappa shape index (κ1) is 23.2. The highest BCUT2D eigenvalue weighted by Crippen LogP contribution is 2.54. The summed E-state index contributed by atoms with van der Waals surface area (Å²) in [5.74, 6) is 0.667. The number of rotatable bonds is 6. The third-order valence-corrected chi connectivity index (χ3v) is 9.87. The largest absolute Gasteiger partial charge is 0.302 e. The van der Waals surface area contributed by atoms with Gasteiger partial charge in [-0.05, 0) is 90.3 Å². The lowest BCUT2D eigenvalue weighted by molar-refractivity contribution is 0.217. The van der Waals surface area contributed by atoms with Gasteiger partial charge in [-0.25, -0.2) is 0 Å². The molecule has 1 fully saturated rings. The van der Waals surface area contributed by atoms with E-state index in [0.29, 0.717) is 17.6 Å². The second kappa shape index (κ2) is 9.90. The van der Waals surface area contributed by atoms with Gasteiger partial charge in [0.05, 0.1) is 0 Å². The number of aryl methyl sites for hydroxylation is 4. The first-order chi connectivity index (χ1) is 15.3. The molecule has 3 aromatic rings. The lowest BCUT2D eigenvalue weighted by atomic mass is 9.90. The lowest BCUT2D eigenvalue weighted by Gasteiger charge is -2.38. The molecule has 0 heterocycles. The van der Waals surface area contributed by atoms with Crippen molar-refractivity contribution in [3.63, 3.8) is 0 Å². The molecule has 0 N–H and O–H groups in total. The minimum Gasteiger partial charge on any atom is -0.302 e. The highest BCUT2D eigenvalue weighted by atomic mass is 31.1. The molecule has 0 amide bonds. The van der Waals surface area contributed by atoms with Crippen molar-refractivity contribution < 1.29 is 0 Å². The highest BCUT2D eigenvalue weighted by Gasteiger charge is 2.41. The monoisotopic (exact) mass is 443 g/mol. The molecule has 0 aliphatic heterocycles. The van der Waals surface area contributed by atoms with Crippen LogP contribution in [-0.2, 0) is 0 Å². The molecule has 168 valence electrons. The highest BCUT2D eigenvalue weighted by molar-refractivity contribution is 7.73. The molecule has 1 aliphatic rings. The smallest absolute Gasteiger partial charge is 0.0376 e. The van der Waals surface area contributed by atoms with Crippen LogP contribution in [0, 0.1) is 33.6 Å². The Morgan fingerprint density at radius 2 is 1.22 bits per heavy atom. The van der Waals surface area contributed by atoms with Gasteiger partial charge in [0, 0.05) is 6.04 Å². The number of hydrogen-bond donors (Lipinski definition) is 0. The molecule has 2 unspecified atom stereocenters. The van der Waals surface area contributed by atoms with E-state index in [4.69, 9.17) is 0 Å².